The molecule has 4 aliphatic carbocycles. The first kappa shape index (κ1) is 22.0. The Hall–Kier alpha value is 0.140. The summed E-state index contributed by atoms with van der Waals surface area (Å²) in [4.78, 5) is 0. The Kier molecular flexibility index (Phi) is 6.21. The number of allylic oxidation sites excluding steroid dienone is 1. The summed E-state index contributed by atoms with van der Waals surface area (Å²) in [7, 11) is 0. The van der Waals surface area contributed by atoms with E-state index in [0.717, 1.165) is 49.0 Å². The fourth-order valence-corrected chi connectivity index (χ4v) is 9.31. The monoisotopic (exact) mass is 478 g/mol. The fourth-order valence-electron chi connectivity index (χ4n) is 8.86. The largest absolute Gasteiger partial charge is 0.353 e. The van der Waals surface area contributed by atoms with E-state index in [-0.39, 0.29) is 6.29 Å². The third kappa shape index (κ3) is 3.58. The van der Waals surface area contributed by atoms with Gasteiger partial charge < -0.3 is 9.47 Å². The minimum atomic E-state index is 0.0623. The Morgan fingerprint density at radius 2 is 1.97 bits per heavy atom. The van der Waals surface area contributed by atoms with Gasteiger partial charge in [0.2, 0.25) is 0 Å². The van der Waals surface area contributed by atoms with Crippen LogP contribution < -0.4 is 0 Å². The second kappa shape index (κ2) is 8.49. The minimum Gasteiger partial charge on any atom is -0.353 e. The van der Waals surface area contributed by atoms with Crippen LogP contribution >= 0.6 is 15.9 Å². The Morgan fingerprint density at radius 3 is 2.73 bits per heavy atom. The van der Waals surface area contributed by atoms with Crippen LogP contribution in [0.4, 0.5) is 0 Å². The lowest BCUT2D eigenvalue weighted by Crippen LogP contribution is -2.51. The van der Waals surface area contributed by atoms with Gasteiger partial charge in [0.25, 0.3) is 0 Å². The highest BCUT2D eigenvalue weighted by atomic mass is 79.9. The summed E-state index contributed by atoms with van der Waals surface area (Å²) in [6.45, 7) is 8.66. The number of ether oxygens (including phenoxy) is 2. The van der Waals surface area contributed by atoms with Crippen LogP contribution in [-0.2, 0) is 9.47 Å². The zero-order valence-corrected chi connectivity index (χ0v) is 21.1. The standard InChI is InChI=1S/C27H43BrO2/c1-18(17-28)22-9-10-23-21-8-7-19-16-20(30-25-6-4-5-15-29-25)11-13-26(19,2)24(21)12-14-27(22,23)3/h7,18,20-25H,4-6,8-17H2,1-3H3/t18?,20-,21-,22+,23-,24-,25?,26-,27+/m0/s1. The molecule has 5 rings (SSSR count). The highest BCUT2D eigenvalue weighted by molar-refractivity contribution is 9.09. The SMILES string of the molecule is CC(CBr)[C@H]1CC[C@H]2[C@@H]3CC=C4C[C@@H](OC5CCCCO5)CC[C@]4(C)[C@H]3CC[C@]12C. The molecule has 5 aliphatic rings. The second-order valence-corrected chi connectivity index (χ2v) is 12.6. The van der Waals surface area contributed by atoms with Gasteiger partial charge in [-0.25, -0.2) is 0 Å². The van der Waals surface area contributed by atoms with Crippen molar-refractivity contribution >= 4 is 15.9 Å². The minimum absolute atomic E-state index is 0.0623. The molecule has 1 saturated heterocycles. The normalized spacial score (nSPS) is 49.5. The van der Waals surface area contributed by atoms with Crippen LogP contribution in [0.15, 0.2) is 11.6 Å². The molecule has 0 aromatic rings. The molecule has 0 bridgehead atoms. The third-order valence-electron chi connectivity index (χ3n) is 10.5. The molecule has 1 aliphatic heterocycles. The van der Waals surface area contributed by atoms with Crippen molar-refractivity contribution in [3.8, 4) is 0 Å². The molecular weight excluding hydrogens is 436 g/mol. The van der Waals surface area contributed by atoms with Gasteiger partial charge in [-0.15, -0.1) is 0 Å². The first-order valence-corrected chi connectivity index (χ1v) is 14.1. The Labute approximate surface area is 193 Å². The molecule has 0 spiro atoms. The summed E-state index contributed by atoms with van der Waals surface area (Å²) < 4.78 is 12.3. The van der Waals surface area contributed by atoms with Gasteiger partial charge in [0.05, 0.1) is 6.10 Å². The maximum atomic E-state index is 6.43. The van der Waals surface area contributed by atoms with Gasteiger partial charge in [-0.05, 0) is 111 Å². The van der Waals surface area contributed by atoms with E-state index in [4.69, 9.17) is 9.47 Å². The van der Waals surface area contributed by atoms with Crippen molar-refractivity contribution in [1.82, 2.24) is 0 Å². The summed E-state index contributed by atoms with van der Waals surface area (Å²) in [5.41, 5.74) is 2.74. The summed E-state index contributed by atoms with van der Waals surface area (Å²) in [5, 5.41) is 1.17. The number of rotatable bonds is 4. The third-order valence-corrected chi connectivity index (χ3v) is 11.6. The molecule has 2 unspecified atom stereocenters. The van der Waals surface area contributed by atoms with Crippen LogP contribution in [0.5, 0.6) is 0 Å². The Bertz CT molecular complexity index is 655. The average molecular weight is 480 g/mol. The zero-order chi connectivity index (χ0) is 20.9. The predicted molar refractivity (Wildman–Crippen MR) is 127 cm³/mol. The van der Waals surface area contributed by atoms with E-state index in [1.165, 1.54) is 63.1 Å². The first-order valence-electron chi connectivity index (χ1n) is 13.0. The van der Waals surface area contributed by atoms with Gasteiger partial charge in [-0.2, -0.15) is 0 Å². The van der Waals surface area contributed by atoms with Gasteiger partial charge in [0.15, 0.2) is 6.29 Å². The van der Waals surface area contributed by atoms with Crippen LogP contribution in [0.3, 0.4) is 0 Å². The number of fused-ring (bicyclic) bond motifs is 5. The molecule has 0 aromatic carbocycles. The highest BCUT2D eigenvalue weighted by Gasteiger charge is 2.59. The number of hydrogen-bond acceptors (Lipinski definition) is 2. The van der Waals surface area contributed by atoms with Crippen LogP contribution in [0.25, 0.3) is 0 Å². The summed E-state index contributed by atoms with van der Waals surface area (Å²) in [5.74, 6) is 4.50. The van der Waals surface area contributed by atoms with Crippen molar-refractivity contribution in [1.29, 1.82) is 0 Å². The molecule has 30 heavy (non-hydrogen) atoms. The van der Waals surface area contributed by atoms with Crippen molar-refractivity contribution in [3.63, 3.8) is 0 Å². The van der Waals surface area contributed by atoms with Gasteiger partial charge in [0.1, 0.15) is 0 Å². The summed E-state index contributed by atoms with van der Waals surface area (Å²) in [6.07, 6.45) is 17.6. The highest BCUT2D eigenvalue weighted by Crippen LogP contribution is 2.67. The molecule has 2 nitrogen and oxygen atoms in total. The van der Waals surface area contributed by atoms with E-state index in [2.05, 4.69) is 42.8 Å². The quantitative estimate of drug-likeness (QED) is 0.307. The molecule has 0 radical (unpaired) electrons. The molecule has 1 heterocycles. The number of hydrogen-bond donors (Lipinski definition) is 0. The van der Waals surface area contributed by atoms with Crippen molar-refractivity contribution in [2.45, 2.75) is 104 Å². The van der Waals surface area contributed by atoms with E-state index >= 15 is 0 Å². The molecule has 9 atom stereocenters. The molecule has 3 saturated carbocycles. The number of alkyl halides is 1. The predicted octanol–water partition coefficient (Wildman–Crippen LogP) is 7.51. The molecule has 3 heteroatoms. The van der Waals surface area contributed by atoms with Crippen LogP contribution in [0, 0.1) is 40.4 Å². The molecular formula is C27H43BrO2. The van der Waals surface area contributed by atoms with E-state index in [1.54, 1.807) is 5.57 Å². The van der Waals surface area contributed by atoms with Crippen LogP contribution in [0.2, 0.25) is 0 Å². The van der Waals surface area contributed by atoms with Gasteiger partial charge in [0, 0.05) is 11.9 Å². The molecule has 0 N–H and O–H groups in total. The van der Waals surface area contributed by atoms with Crippen molar-refractivity contribution in [2.24, 2.45) is 40.4 Å². The second-order valence-electron chi connectivity index (χ2n) is 11.9. The van der Waals surface area contributed by atoms with E-state index in [9.17, 15) is 0 Å². The topological polar surface area (TPSA) is 18.5 Å². The van der Waals surface area contributed by atoms with Crippen LogP contribution in [-0.4, -0.2) is 24.3 Å². The first-order chi connectivity index (χ1) is 14.5. The van der Waals surface area contributed by atoms with E-state index < -0.39 is 0 Å². The van der Waals surface area contributed by atoms with Gasteiger partial charge in [-0.1, -0.05) is 48.4 Å². The van der Waals surface area contributed by atoms with Gasteiger partial charge >= 0.3 is 0 Å². The smallest absolute Gasteiger partial charge is 0.157 e. The van der Waals surface area contributed by atoms with E-state index in [0.29, 0.717) is 16.9 Å². The molecule has 0 aromatic heterocycles. The summed E-state index contributed by atoms with van der Waals surface area (Å²) in [6, 6.07) is 0. The fraction of sp³-hybridized carbons (Fsp3) is 0.926. The lowest BCUT2D eigenvalue weighted by Gasteiger charge is -2.58. The Morgan fingerprint density at radius 1 is 1.10 bits per heavy atom. The lowest BCUT2D eigenvalue weighted by molar-refractivity contribution is -0.195. The Balaban J connectivity index is 1.31. The summed E-state index contributed by atoms with van der Waals surface area (Å²) >= 11 is 3.80. The molecule has 0 amide bonds. The van der Waals surface area contributed by atoms with Crippen molar-refractivity contribution < 1.29 is 9.47 Å². The van der Waals surface area contributed by atoms with Crippen molar-refractivity contribution in [2.75, 3.05) is 11.9 Å². The maximum Gasteiger partial charge on any atom is 0.157 e. The maximum absolute atomic E-state index is 6.43. The van der Waals surface area contributed by atoms with E-state index in [1.807, 2.05) is 0 Å². The molecule has 4 fully saturated rings. The number of halogens is 1. The van der Waals surface area contributed by atoms with Gasteiger partial charge in [-0.3, -0.25) is 0 Å². The van der Waals surface area contributed by atoms with Crippen molar-refractivity contribution in [3.05, 3.63) is 11.6 Å². The van der Waals surface area contributed by atoms with Crippen LogP contribution in [0.1, 0.15) is 91.4 Å². The lowest BCUT2D eigenvalue weighted by atomic mass is 9.47. The average Bonchev–Trinajstić information content (AvgIpc) is 3.11. The molecule has 170 valence electrons. The zero-order valence-electron chi connectivity index (χ0n) is 19.5.